The van der Waals surface area contributed by atoms with E-state index in [0.29, 0.717) is 12.4 Å². The van der Waals surface area contributed by atoms with Gasteiger partial charge in [-0.3, -0.25) is 9.78 Å². The highest BCUT2D eigenvalue weighted by Crippen LogP contribution is 2.43. The summed E-state index contributed by atoms with van der Waals surface area (Å²) in [6, 6.07) is 3.91. The maximum absolute atomic E-state index is 11.5. The fraction of sp³-hybridized carbons (Fsp3) is 0.333. The van der Waals surface area contributed by atoms with Crippen molar-refractivity contribution in [2.24, 2.45) is 0 Å². The number of nitrogens with zero attached hydrogens (tertiary/aromatic N) is 1. The van der Waals surface area contributed by atoms with Crippen LogP contribution in [0.3, 0.4) is 0 Å². The third-order valence-electron chi connectivity index (χ3n) is 2.95. The molecule has 6 heteroatoms. The molecule has 0 bridgehead atoms. The lowest BCUT2D eigenvalue weighted by atomic mass is 10.0. The Morgan fingerprint density at radius 2 is 2.10 bits per heavy atom. The van der Waals surface area contributed by atoms with Crippen LogP contribution in [0.15, 0.2) is 28.7 Å². The lowest BCUT2D eigenvalue weighted by molar-refractivity contribution is -0.139. The summed E-state index contributed by atoms with van der Waals surface area (Å²) in [7, 11) is 0. The van der Waals surface area contributed by atoms with Gasteiger partial charge in [-0.15, -0.1) is 23.1 Å². The second kappa shape index (κ2) is 7.47. The summed E-state index contributed by atoms with van der Waals surface area (Å²) in [6.45, 7) is 4.32. The molecule has 0 aromatic carbocycles. The summed E-state index contributed by atoms with van der Waals surface area (Å²) in [5, 5.41) is 0.782. The Kier molecular flexibility index (Phi) is 5.64. The van der Waals surface area contributed by atoms with E-state index in [-0.39, 0.29) is 5.97 Å². The Morgan fingerprint density at radius 3 is 2.71 bits per heavy atom. The molecule has 112 valence electrons. The van der Waals surface area contributed by atoms with Gasteiger partial charge in [-0.25, -0.2) is 0 Å². The Balaban J connectivity index is 2.26. The largest absolute Gasteiger partial charge is 0.465 e. The molecule has 0 aliphatic carbocycles. The first-order chi connectivity index (χ1) is 10.2. The molecule has 0 radical (unpaired) electrons. The summed E-state index contributed by atoms with van der Waals surface area (Å²) >= 11 is 3.03. The molecule has 2 N–H and O–H groups in total. The first kappa shape index (κ1) is 15.9. The van der Waals surface area contributed by atoms with E-state index < -0.39 is 0 Å². The molecule has 2 aromatic heterocycles. The zero-order valence-electron chi connectivity index (χ0n) is 12.1. The van der Waals surface area contributed by atoms with Crippen molar-refractivity contribution in [2.45, 2.75) is 24.5 Å². The first-order valence-corrected chi connectivity index (χ1v) is 8.57. The van der Waals surface area contributed by atoms with Crippen LogP contribution in [0.4, 0.5) is 5.00 Å². The maximum atomic E-state index is 11.5. The van der Waals surface area contributed by atoms with Gasteiger partial charge in [0.2, 0.25) is 0 Å². The van der Waals surface area contributed by atoms with Crippen LogP contribution in [0.1, 0.15) is 19.4 Å². The number of aromatic nitrogens is 1. The van der Waals surface area contributed by atoms with Gasteiger partial charge >= 0.3 is 5.97 Å². The first-order valence-electron chi connectivity index (χ1n) is 6.77. The Hall–Kier alpha value is -1.53. The van der Waals surface area contributed by atoms with Crippen LogP contribution < -0.4 is 5.73 Å². The highest BCUT2D eigenvalue weighted by molar-refractivity contribution is 8.01. The Bertz CT molecular complexity index is 612. The number of carbonyl (C=O) groups excluding carboxylic acids is 1. The number of thiophene rings is 1. The normalized spacial score (nSPS) is 10.6. The number of ether oxygens (including phenoxy) is 1. The number of thioether (sulfide) groups is 1. The summed E-state index contributed by atoms with van der Waals surface area (Å²) in [5.41, 5.74) is 9.51. The van der Waals surface area contributed by atoms with Crippen molar-refractivity contribution < 1.29 is 9.53 Å². The molecule has 0 unspecified atom stereocenters. The van der Waals surface area contributed by atoms with Crippen LogP contribution in [-0.2, 0) is 16.0 Å². The van der Waals surface area contributed by atoms with Gasteiger partial charge in [-0.2, -0.15) is 0 Å². The van der Waals surface area contributed by atoms with E-state index >= 15 is 0 Å². The Labute approximate surface area is 132 Å². The molecule has 0 aliphatic rings. The van der Waals surface area contributed by atoms with Gasteiger partial charge < -0.3 is 10.5 Å². The van der Waals surface area contributed by atoms with E-state index in [9.17, 15) is 4.79 Å². The summed E-state index contributed by atoms with van der Waals surface area (Å²) in [4.78, 5) is 15.5. The minimum Gasteiger partial charge on any atom is -0.465 e. The molecule has 0 atom stereocenters. The van der Waals surface area contributed by atoms with Crippen LogP contribution in [0.2, 0.25) is 0 Å². The van der Waals surface area contributed by atoms with E-state index in [1.807, 2.05) is 19.1 Å². The molecule has 2 rings (SSSR count). The third-order valence-corrected chi connectivity index (χ3v) is 5.29. The van der Waals surface area contributed by atoms with Crippen molar-refractivity contribution in [1.29, 1.82) is 0 Å². The quantitative estimate of drug-likeness (QED) is 0.650. The minimum absolute atomic E-state index is 0.193. The fourth-order valence-electron chi connectivity index (χ4n) is 2.06. The number of pyridine rings is 1. The van der Waals surface area contributed by atoms with Gasteiger partial charge in [0.15, 0.2) is 0 Å². The van der Waals surface area contributed by atoms with Crippen molar-refractivity contribution in [3.63, 3.8) is 0 Å². The molecule has 2 aromatic rings. The smallest absolute Gasteiger partial charge is 0.316 e. The monoisotopic (exact) mass is 322 g/mol. The van der Waals surface area contributed by atoms with Crippen molar-refractivity contribution in [2.75, 3.05) is 18.1 Å². The zero-order chi connectivity index (χ0) is 15.2. The number of anilines is 1. The molecule has 0 fully saturated rings. The number of hydrogen-bond acceptors (Lipinski definition) is 6. The number of carbonyl (C=O) groups is 1. The molecule has 21 heavy (non-hydrogen) atoms. The summed E-state index contributed by atoms with van der Waals surface area (Å²) < 4.78 is 6.06. The van der Waals surface area contributed by atoms with Gasteiger partial charge in [0.25, 0.3) is 0 Å². The van der Waals surface area contributed by atoms with Crippen LogP contribution >= 0.6 is 23.1 Å². The van der Waals surface area contributed by atoms with Crippen molar-refractivity contribution >= 4 is 34.1 Å². The van der Waals surface area contributed by atoms with Gasteiger partial charge in [-0.1, -0.05) is 6.92 Å². The SMILES string of the molecule is CCOC(=O)CSc1sc(N)c(-c2ccncc2)c1CC. The van der Waals surface area contributed by atoms with E-state index in [1.54, 1.807) is 12.4 Å². The molecule has 4 nitrogen and oxygen atoms in total. The molecular formula is C15H18N2O2S2. The van der Waals surface area contributed by atoms with E-state index in [4.69, 9.17) is 10.5 Å². The van der Waals surface area contributed by atoms with Crippen molar-refractivity contribution in [3.8, 4) is 11.1 Å². The van der Waals surface area contributed by atoms with Crippen LogP contribution in [0, 0.1) is 0 Å². The number of hydrogen-bond donors (Lipinski definition) is 1. The third kappa shape index (κ3) is 3.77. The van der Waals surface area contributed by atoms with Gasteiger partial charge in [0.05, 0.1) is 21.6 Å². The average molecular weight is 322 g/mol. The van der Waals surface area contributed by atoms with Crippen molar-refractivity contribution in [1.82, 2.24) is 4.98 Å². The predicted octanol–water partition coefficient (Wildman–Crippen LogP) is 3.61. The van der Waals surface area contributed by atoms with E-state index in [0.717, 1.165) is 26.8 Å². The molecule has 0 spiro atoms. The summed E-state index contributed by atoms with van der Waals surface area (Å²) in [5.74, 6) is 0.123. The second-order valence-corrected chi connectivity index (χ2v) is 6.59. The molecule has 0 saturated carbocycles. The molecule has 0 saturated heterocycles. The van der Waals surface area contributed by atoms with Gasteiger partial charge in [0.1, 0.15) is 0 Å². The van der Waals surface area contributed by atoms with Crippen LogP contribution in [0.25, 0.3) is 11.1 Å². The number of rotatable bonds is 6. The van der Waals surface area contributed by atoms with Crippen LogP contribution in [-0.4, -0.2) is 23.3 Å². The second-order valence-electron chi connectivity index (χ2n) is 4.29. The van der Waals surface area contributed by atoms with E-state index in [1.165, 1.54) is 28.7 Å². The van der Waals surface area contributed by atoms with Gasteiger partial charge in [0, 0.05) is 18.0 Å². The minimum atomic E-state index is -0.193. The molecule has 0 amide bonds. The lowest BCUT2D eigenvalue weighted by Gasteiger charge is -2.06. The zero-order valence-corrected chi connectivity index (χ0v) is 13.7. The number of esters is 1. The summed E-state index contributed by atoms with van der Waals surface area (Å²) in [6.07, 6.45) is 4.39. The molecule has 0 aliphatic heterocycles. The predicted molar refractivity (Wildman–Crippen MR) is 88.7 cm³/mol. The number of nitrogen functional groups attached to an aromatic ring is 1. The van der Waals surface area contributed by atoms with E-state index in [2.05, 4.69) is 11.9 Å². The average Bonchev–Trinajstić information content (AvgIpc) is 2.82. The topological polar surface area (TPSA) is 65.2 Å². The highest BCUT2D eigenvalue weighted by Gasteiger charge is 2.18. The maximum Gasteiger partial charge on any atom is 0.316 e. The standard InChI is InChI=1S/C15H18N2O2S2/c1-3-11-13(10-5-7-17-8-6-10)14(16)21-15(11)20-9-12(18)19-4-2/h5-8H,3-4,9,16H2,1-2H3. The lowest BCUT2D eigenvalue weighted by Crippen LogP contribution is -2.06. The molecular weight excluding hydrogens is 304 g/mol. The number of nitrogens with two attached hydrogens (primary N) is 1. The van der Waals surface area contributed by atoms with Crippen LogP contribution in [0.5, 0.6) is 0 Å². The Morgan fingerprint density at radius 1 is 1.38 bits per heavy atom. The molecule has 2 heterocycles. The fourth-order valence-corrected chi connectivity index (χ4v) is 4.41. The van der Waals surface area contributed by atoms with Crippen molar-refractivity contribution in [3.05, 3.63) is 30.1 Å². The highest BCUT2D eigenvalue weighted by atomic mass is 32.2. The van der Waals surface area contributed by atoms with Gasteiger partial charge in [-0.05, 0) is 36.6 Å².